The van der Waals surface area contributed by atoms with Crippen LogP contribution in [0.1, 0.15) is 26.2 Å². The van der Waals surface area contributed by atoms with Gasteiger partial charge in [0.1, 0.15) is 5.82 Å². The number of hydrogen-bond acceptors (Lipinski definition) is 3. The van der Waals surface area contributed by atoms with Gasteiger partial charge in [-0.05, 0) is 44.0 Å². The summed E-state index contributed by atoms with van der Waals surface area (Å²) in [5.74, 6) is 1.03. The van der Waals surface area contributed by atoms with Crippen molar-refractivity contribution in [1.82, 2.24) is 15.1 Å². The number of anilines is 1. The molecule has 1 N–H and O–H groups in total. The molecule has 2 saturated heterocycles. The molecule has 0 spiro atoms. The summed E-state index contributed by atoms with van der Waals surface area (Å²) in [6.45, 7) is 8.88. The van der Waals surface area contributed by atoms with Crippen LogP contribution in [-0.2, 0) is 4.79 Å². The molecule has 0 saturated carbocycles. The number of guanidine groups is 1. The Morgan fingerprint density at radius 3 is 2.52 bits per heavy atom. The Bertz CT molecular complexity index is 640. The summed E-state index contributed by atoms with van der Waals surface area (Å²) in [7, 11) is 0. The number of piperazine rings is 1. The lowest BCUT2D eigenvalue weighted by Crippen LogP contribution is -2.52. The van der Waals surface area contributed by atoms with E-state index < -0.39 is 0 Å². The van der Waals surface area contributed by atoms with Crippen LogP contribution in [0.4, 0.5) is 10.1 Å². The van der Waals surface area contributed by atoms with Gasteiger partial charge in [0.05, 0.1) is 0 Å². The van der Waals surface area contributed by atoms with Crippen LogP contribution in [0, 0.1) is 5.82 Å². The Balaban J connectivity index is 1.48. The Labute approximate surface area is 161 Å². The van der Waals surface area contributed by atoms with Gasteiger partial charge in [-0.25, -0.2) is 4.39 Å². The first kappa shape index (κ1) is 19.5. The first-order valence-corrected chi connectivity index (χ1v) is 9.99. The van der Waals surface area contributed by atoms with E-state index in [0.717, 1.165) is 76.8 Å². The Hall–Kier alpha value is -2.31. The minimum absolute atomic E-state index is 0.199. The second kappa shape index (κ2) is 9.58. The number of carbonyl (C=O) groups excluding carboxylic acids is 1. The fourth-order valence-electron chi connectivity index (χ4n) is 3.64. The normalized spacial score (nSPS) is 18.4. The zero-order chi connectivity index (χ0) is 19.1. The van der Waals surface area contributed by atoms with E-state index in [1.807, 2.05) is 17.0 Å². The molecule has 1 aromatic rings. The minimum Gasteiger partial charge on any atom is -0.368 e. The molecule has 27 heavy (non-hydrogen) atoms. The van der Waals surface area contributed by atoms with Crippen LogP contribution < -0.4 is 10.2 Å². The summed E-state index contributed by atoms with van der Waals surface area (Å²) in [6, 6.07) is 6.70. The molecule has 0 unspecified atom stereocenters. The Morgan fingerprint density at radius 1 is 1.15 bits per heavy atom. The van der Waals surface area contributed by atoms with Gasteiger partial charge in [-0.1, -0.05) is 0 Å². The molecule has 0 bridgehead atoms. The predicted molar refractivity (Wildman–Crippen MR) is 107 cm³/mol. The van der Waals surface area contributed by atoms with Crippen LogP contribution in [0.25, 0.3) is 0 Å². The van der Waals surface area contributed by atoms with E-state index in [1.54, 1.807) is 0 Å². The van der Waals surface area contributed by atoms with Crippen LogP contribution in [0.3, 0.4) is 0 Å². The molecule has 0 atom stereocenters. The van der Waals surface area contributed by atoms with Crippen molar-refractivity contribution in [3.63, 3.8) is 0 Å². The molecule has 6 nitrogen and oxygen atoms in total. The average Bonchev–Trinajstić information content (AvgIpc) is 3.10. The quantitative estimate of drug-likeness (QED) is 0.469. The topological polar surface area (TPSA) is 51.2 Å². The summed E-state index contributed by atoms with van der Waals surface area (Å²) in [5.41, 5.74) is 1.06. The van der Waals surface area contributed by atoms with Gasteiger partial charge in [0, 0.05) is 64.5 Å². The largest absolute Gasteiger partial charge is 0.368 e. The van der Waals surface area contributed by atoms with Gasteiger partial charge in [-0.3, -0.25) is 9.79 Å². The number of nitrogens with zero attached hydrogens (tertiary/aromatic N) is 4. The minimum atomic E-state index is -0.199. The third kappa shape index (κ3) is 5.34. The first-order valence-electron chi connectivity index (χ1n) is 9.99. The molecule has 1 amide bonds. The molecule has 2 heterocycles. The van der Waals surface area contributed by atoms with E-state index in [1.165, 1.54) is 12.1 Å². The second-order valence-electron chi connectivity index (χ2n) is 7.02. The second-order valence-corrected chi connectivity index (χ2v) is 7.02. The van der Waals surface area contributed by atoms with Crippen molar-refractivity contribution in [3.8, 4) is 0 Å². The van der Waals surface area contributed by atoms with Crippen LogP contribution >= 0.6 is 0 Å². The Morgan fingerprint density at radius 2 is 1.89 bits per heavy atom. The lowest BCUT2D eigenvalue weighted by molar-refractivity contribution is -0.127. The third-order valence-corrected chi connectivity index (χ3v) is 5.12. The van der Waals surface area contributed by atoms with Crippen molar-refractivity contribution in [2.75, 3.05) is 57.3 Å². The zero-order valence-corrected chi connectivity index (χ0v) is 16.2. The number of likely N-dealkylation sites (tertiary alicyclic amines) is 1. The monoisotopic (exact) mass is 375 g/mol. The van der Waals surface area contributed by atoms with E-state index in [4.69, 9.17) is 4.99 Å². The maximum absolute atomic E-state index is 13.1. The SMILES string of the molecule is CCNC(=NCCCN1CCCC1=O)N1CCN(c2ccc(F)cc2)CC1. The highest BCUT2D eigenvalue weighted by atomic mass is 19.1. The number of benzene rings is 1. The molecule has 2 aliphatic rings. The number of carbonyl (C=O) groups is 1. The maximum Gasteiger partial charge on any atom is 0.222 e. The number of nitrogens with one attached hydrogen (secondary N) is 1. The highest BCUT2D eigenvalue weighted by molar-refractivity contribution is 5.80. The molecule has 7 heteroatoms. The van der Waals surface area contributed by atoms with Crippen LogP contribution in [0.15, 0.2) is 29.3 Å². The molecule has 0 radical (unpaired) electrons. The number of rotatable bonds is 6. The summed E-state index contributed by atoms with van der Waals surface area (Å²) in [5, 5.41) is 3.38. The molecule has 2 fully saturated rings. The van der Waals surface area contributed by atoms with Crippen molar-refractivity contribution < 1.29 is 9.18 Å². The van der Waals surface area contributed by atoms with Gasteiger partial charge in [0.2, 0.25) is 5.91 Å². The van der Waals surface area contributed by atoms with Crippen LogP contribution in [0.5, 0.6) is 0 Å². The lowest BCUT2D eigenvalue weighted by Gasteiger charge is -2.37. The van der Waals surface area contributed by atoms with E-state index in [9.17, 15) is 9.18 Å². The Kier molecular flexibility index (Phi) is 6.90. The maximum atomic E-state index is 13.1. The summed E-state index contributed by atoms with van der Waals surface area (Å²) in [6.07, 6.45) is 2.59. The number of halogens is 1. The fraction of sp³-hybridized carbons (Fsp3) is 0.600. The van der Waals surface area contributed by atoms with Crippen LogP contribution in [-0.4, -0.2) is 74.0 Å². The van der Waals surface area contributed by atoms with Gasteiger partial charge < -0.3 is 20.0 Å². The van der Waals surface area contributed by atoms with E-state index in [2.05, 4.69) is 22.0 Å². The highest BCUT2D eigenvalue weighted by Crippen LogP contribution is 2.17. The highest BCUT2D eigenvalue weighted by Gasteiger charge is 2.21. The van der Waals surface area contributed by atoms with Crippen molar-refractivity contribution in [3.05, 3.63) is 30.1 Å². The van der Waals surface area contributed by atoms with Gasteiger partial charge >= 0.3 is 0 Å². The van der Waals surface area contributed by atoms with Crippen molar-refractivity contribution >= 4 is 17.6 Å². The summed E-state index contributed by atoms with van der Waals surface area (Å²) >= 11 is 0. The number of hydrogen-bond donors (Lipinski definition) is 1. The van der Waals surface area contributed by atoms with Crippen LogP contribution in [0.2, 0.25) is 0 Å². The zero-order valence-electron chi connectivity index (χ0n) is 16.2. The summed E-state index contributed by atoms with van der Waals surface area (Å²) in [4.78, 5) is 22.9. The molecule has 2 aliphatic heterocycles. The molecule has 0 aromatic heterocycles. The number of aliphatic imine (C=N–C) groups is 1. The molecular formula is C20H30FN5O. The standard InChI is InChI=1S/C20H30FN5O/c1-2-22-20(23-10-4-12-25-11-3-5-19(25)27)26-15-13-24(14-16-26)18-8-6-17(21)7-9-18/h6-9H,2-5,10-16H2,1H3,(H,22,23). The molecular weight excluding hydrogens is 345 g/mol. The summed E-state index contributed by atoms with van der Waals surface area (Å²) < 4.78 is 13.1. The van der Waals surface area contributed by atoms with Crippen molar-refractivity contribution in [2.24, 2.45) is 4.99 Å². The molecule has 3 rings (SSSR count). The molecule has 1 aromatic carbocycles. The van der Waals surface area contributed by atoms with E-state index >= 15 is 0 Å². The van der Waals surface area contributed by atoms with E-state index in [-0.39, 0.29) is 11.7 Å². The molecule has 0 aliphatic carbocycles. The lowest BCUT2D eigenvalue weighted by atomic mass is 10.2. The van der Waals surface area contributed by atoms with Crippen molar-refractivity contribution in [1.29, 1.82) is 0 Å². The van der Waals surface area contributed by atoms with Gasteiger partial charge in [0.15, 0.2) is 5.96 Å². The molecule has 148 valence electrons. The van der Waals surface area contributed by atoms with Gasteiger partial charge in [-0.15, -0.1) is 0 Å². The predicted octanol–water partition coefficient (Wildman–Crippen LogP) is 1.93. The van der Waals surface area contributed by atoms with E-state index in [0.29, 0.717) is 6.42 Å². The third-order valence-electron chi connectivity index (χ3n) is 5.12. The number of amides is 1. The average molecular weight is 375 g/mol. The van der Waals surface area contributed by atoms with Gasteiger partial charge in [-0.2, -0.15) is 0 Å². The first-order chi connectivity index (χ1) is 13.2. The smallest absolute Gasteiger partial charge is 0.222 e. The van der Waals surface area contributed by atoms with Gasteiger partial charge in [0.25, 0.3) is 0 Å². The fourth-order valence-corrected chi connectivity index (χ4v) is 3.64. The van der Waals surface area contributed by atoms with Crippen molar-refractivity contribution in [2.45, 2.75) is 26.2 Å².